The summed E-state index contributed by atoms with van der Waals surface area (Å²) in [5.41, 5.74) is 0. The second-order valence-electron chi connectivity index (χ2n) is 6.80. The molecule has 0 aliphatic heterocycles. The van der Waals surface area contributed by atoms with Gasteiger partial charge in [0.1, 0.15) is 6.29 Å². The summed E-state index contributed by atoms with van der Waals surface area (Å²) in [7, 11) is 0. The predicted octanol–water partition coefficient (Wildman–Crippen LogP) is 4.99. The second kappa shape index (κ2) is 7.31. The molecule has 1 heteroatoms. The summed E-state index contributed by atoms with van der Waals surface area (Å²) < 4.78 is 0. The van der Waals surface area contributed by atoms with E-state index in [2.05, 4.69) is 6.92 Å². The zero-order chi connectivity index (χ0) is 12.8. The van der Waals surface area contributed by atoms with Gasteiger partial charge < -0.3 is 4.79 Å². The molecule has 104 valence electrons. The lowest BCUT2D eigenvalue weighted by molar-refractivity contribution is -0.112. The van der Waals surface area contributed by atoms with Gasteiger partial charge in [0.05, 0.1) is 0 Å². The van der Waals surface area contributed by atoms with Crippen molar-refractivity contribution >= 4 is 6.29 Å². The van der Waals surface area contributed by atoms with Crippen molar-refractivity contribution in [3.8, 4) is 0 Å². The molecule has 1 nitrogen and oxygen atoms in total. The van der Waals surface area contributed by atoms with E-state index in [4.69, 9.17) is 0 Å². The van der Waals surface area contributed by atoms with Gasteiger partial charge in [0.15, 0.2) is 0 Å². The largest absolute Gasteiger partial charge is 0.303 e. The first-order valence-electron chi connectivity index (χ1n) is 8.27. The number of aldehydes is 1. The van der Waals surface area contributed by atoms with Gasteiger partial charge in [-0.05, 0) is 49.9 Å². The molecule has 2 saturated carbocycles. The van der Waals surface area contributed by atoms with Crippen LogP contribution < -0.4 is 0 Å². The standard InChI is InChI=1S/C17H30O/c1-2-14-4-3-5-16(12-14)9-6-15-7-10-17(13-18)11-8-15/h13-17H,2-12H2,1H3. The van der Waals surface area contributed by atoms with Crippen molar-refractivity contribution in [3.05, 3.63) is 0 Å². The van der Waals surface area contributed by atoms with Crippen LogP contribution in [0.4, 0.5) is 0 Å². The van der Waals surface area contributed by atoms with Gasteiger partial charge in [-0.25, -0.2) is 0 Å². The van der Waals surface area contributed by atoms with Crippen molar-refractivity contribution < 1.29 is 4.79 Å². The zero-order valence-electron chi connectivity index (χ0n) is 12.1. The van der Waals surface area contributed by atoms with Gasteiger partial charge in [-0.15, -0.1) is 0 Å². The fourth-order valence-corrected chi connectivity index (χ4v) is 4.12. The Morgan fingerprint density at radius 2 is 1.56 bits per heavy atom. The Labute approximate surface area is 113 Å². The second-order valence-corrected chi connectivity index (χ2v) is 6.80. The Balaban J connectivity index is 1.64. The third-order valence-corrected chi connectivity index (χ3v) is 5.54. The molecule has 0 heterocycles. The summed E-state index contributed by atoms with van der Waals surface area (Å²) >= 11 is 0. The van der Waals surface area contributed by atoms with Crippen molar-refractivity contribution in [2.24, 2.45) is 23.7 Å². The number of carbonyl (C=O) groups excluding carboxylic acids is 1. The molecule has 2 unspecified atom stereocenters. The molecule has 0 aromatic heterocycles. The van der Waals surface area contributed by atoms with Crippen molar-refractivity contribution in [2.45, 2.75) is 77.6 Å². The summed E-state index contributed by atoms with van der Waals surface area (Å²) in [5.74, 6) is 3.37. The molecule has 0 radical (unpaired) electrons. The maximum Gasteiger partial charge on any atom is 0.123 e. The lowest BCUT2D eigenvalue weighted by atomic mass is 9.75. The minimum atomic E-state index is 0.389. The number of rotatable bonds is 5. The molecule has 0 aromatic carbocycles. The van der Waals surface area contributed by atoms with E-state index in [9.17, 15) is 4.79 Å². The molecule has 0 aromatic rings. The van der Waals surface area contributed by atoms with Gasteiger partial charge in [-0.3, -0.25) is 0 Å². The first kappa shape index (κ1) is 14.1. The maximum atomic E-state index is 10.7. The molecule has 0 spiro atoms. The molecule has 0 saturated heterocycles. The molecule has 18 heavy (non-hydrogen) atoms. The van der Waals surface area contributed by atoms with Crippen LogP contribution in [-0.4, -0.2) is 6.29 Å². The smallest absolute Gasteiger partial charge is 0.123 e. The first-order valence-corrected chi connectivity index (χ1v) is 8.27. The molecule has 0 bridgehead atoms. The van der Waals surface area contributed by atoms with Crippen molar-refractivity contribution in [1.29, 1.82) is 0 Å². The number of hydrogen-bond acceptors (Lipinski definition) is 1. The fraction of sp³-hybridized carbons (Fsp3) is 0.941. The van der Waals surface area contributed by atoms with Crippen molar-refractivity contribution in [1.82, 2.24) is 0 Å². The lowest BCUT2D eigenvalue weighted by Crippen LogP contribution is -2.19. The van der Waals surface area contributed by atoms with Gasteiger partial charge in [0, 0.05) is 5.92 Å². The van der Waals surface area contributed by atoms with Gasteiger partial charge in [0.2, 0.25) is 0 Å². The normalized spacial score (nSPS) is 37.4. The molecule has 2 aliphatic rings. The SMILES string of the molecule is CCC1CCCC(CCC2CCC(C=O)CC2)C1. The molecule has 2 rings (SSSR count). The van der Waals surface area contributed by atoms with Gasteiger partial charge in [-0.2, -0.15) is 0 Å². The van der Waals surface area contributed by atoms with E-state index in [1.54, 1.807) is 0 Å². The number of hydrogen-bond donors (Lipinski definition) is 0. The fourth-order valence-electron chi connectivity index (χ4n) is 4.12. The quantitative estimate of drug-likeness (QED) is 0.628. The van der Waals surface area contributed by atoms with Crippen LogP contribution in [0.15, 0.2) is 0 Å². The summed E-state index contributed by atoms with van der Waals surface area (Å²) in [6, 6.07) is 0. The summed E-state index contributed by atoms with van der Waals surface area (Å²) in [6.07, 6.45) is 16.4. The molecule has 2 fully saturated rings. The topological polar surface area (TPSA) is 17.1 Å². The highest BCUT2D eigenvalue weighted by molar-refractivity contribution is 5.53. The van der Waals surface area contributed by atoms with Crippen molar-refractivity contribution in [2.75, 3.05) is 0 Å². The molecular weight excluding hydrogens is 220 g/mol. The summed E-state index contributed by atoms with van der Waals surface area (Å²) in [5, 5.41) is 0. The summed E-state index contributed by atoms with van der Waals surface area (Å²) in [6.45, 7) is 2.35. The van der Waals surface area contributed by atoms with E-state index in [1.807, 2.05) is 0 Å². The zero-order valence-corrected chi connectivity index (χ0v) is 12.1. The third kappa shape index (κ3) is 4.10. The average Bonchev–Trinajstić information content (AvgIpc) is 2.46. The van der Waals surface area contributed by atoms with E-state index in [0.717, 1.165) is 30.6 Å². The molecule has 2 atom stereocenters. The first-order chi connectivity index (χ1) is 8.81. The average molecular weight is 250 g/mol. The lowest BCUT2D eigenvalue weighted by Gasteiger charge is -2.31. The van der Waals surface area contributed by atoms with Crippen LogP contribution in [0, 0.1) is 23.7 Å². The Morgan fingerprint density at radius 1 is 0.889 bits per heavy atom. The van der Waals surface area contributed by atoms with Gasteiger partial charge >= 0.3 is 0 Å². The highest BCUT2D eigenvalue weighted by atomic mass is 16.1. The van der Waals surface area contributed by atoms with E-state index in [1.165, 1.54) is 64.1 Å². The predicted molar refractivity (Wildman–Crippen MR) is 76.5 cm³/mol. The van der Waals surface area contributed by atoms with Crippen LogP contribution in [0.3, 0.4) is 0 Å². The van der Waals surface area contributed by atoms with Crippen LogP contribution in [0.2, 0.25) is 0 Å². The minimum Gasteiger partial charge on any atom is -0.303 e. The van der Waals surface area contributed by atoms with Crippen LogP contribution in [0.1, 0.15) is 77.6 Å². The third-order valence-electron chi connectivity index (χ3n) is 5.54. The number of carbonyl (C=O) groups is 1. The summed E-state index contributed by atoms with van der Waals surface area (Å²) in [4.78, 5) is 10.7. The van der Waals surface area contributed by atoms with Crippen LogP contribution >= 0.6 is 0 Å². The minimum absolute atomic E-state index is 0.389. The van der Waals surface area contributed by atoms with E-state index in [-0.39, 0.29) is 0 Å². The molecule has 2 aliphatic carbocycles. The Hall–Kier alpha value is -0.330. The maximum absolute atomic E-state index is 10.7. The Morgan fingerprint density at radius 3 is 2.22 bits per heavy atom. The van der Waals surface area contributed by atoms with Crippen molar-refractivity contribution in [3.63, 3.8) is 0 Å². The Kier molecular flexibility index (Phi) is 5.72. The van der Waals surface area contributed by atoms with Crippen LogP contribution in [-0.2, 0) is 4.79 Å². The van der Waals surface area contributed by atoms with E-state index in [0.29, 0.717) is 5.92 Å². The van der Waals surface area contributed by atoms with Crippen LogP contribution in [0.25, 0.3) is 0 Å². The van der Waals surface area contributed by atoms with E-state index >= 15 is 0 Å². The highest BCUT2D eigenvalue weighted by Gasteiger charge is 2.24. The van der Waals surface area contributed by atoms with E-state index < -0.39 is 0 Å². The van der Waals surface area contributed by atoms with Gasteiger partial charge in [-0.1, -0.05) is 45.4 Å². The molecular formula is C17H30O. The van der Waals surface area contributed by atoms with Gasteiger partial charge in [0.25, 0.3) is 0 Å². The molecule has 0 amide bonds. The monoisotopic (exact) mass is 250 g/mol. The highest BCUT2D eigenvalue weighted by Crippen LogP contribution is 2.37. The van der Waals surface area contributed by atoms with Crippen LogP contribution in [0.5, 0.6) is 0 Å². The molecule has 0 N–H and O–H groups in total. The Bertz CT molecular complexity index is 240.